The minimum atomic E-state index is -0.918. The van der Waals surface area contributed by atoms with E-state index >= 15 is 0 Å². The summed E-state index contributed by atoms with van der Waals surface area (Å²) in [5.41, 5.74) is 1.64. The van der Waals surface area contributed by atoms with Crippen LogP contribution in [-0.2, 0) is 27.2 Å². The molecule has 2 N–H and O–H groups in total. The van der Waals surface area contributed by atoms with Gasteiger partial charge in [-0.1, -0.05) is 33.6 Å². The smallest absolute Gasteiger partial charge is 0.341 e. The molecule has 0 bridgehead atoms. The molecule has 0 spiro atoms. The number of fused-ring (bicyclic) bond motifs is 1. The summed E-state index contributed by atoms with van der Waals surface area (Å²) in [6.07, 6.45) is 5.43. The number of hydrogen-bond acceptors (Lipinski definition) is 5. The van der Waals surface area contributed by atoms with Crippen LogP contribution >= 0.6 is 11.3 Å². The zero-order valence-electron chi connectivity index (χ0n) is 18.4. The molecule has 1 fully saturated rings. The highest BCUT2D eigenvalue weighted by Crippen LogP contribution is 2.45. The van der Waals surface area contributed by atoms with Crippen LogP contribution in [0.3, 0.4) is 0 Å². The number of carboxylic acid groups (broad SMARTS) is 1. The summed E-state index contributed by atoms with van der Waals surface area (Å²) in [4.78, 5) is 38.5. The van der Waals surface area contributed by atoms with Gasteiger partial charge < -0.3 is 15.2 Å². The molecule has 6 nitrogen and oxygen atoms in total. The van der Waals surface area contributed by atoms with E-state index < -0.39 is 23.8 Å². The van der Waals surface area contributed by atoms with E-state index in [1.165, 1.54) is 11.3 Å². The van der Waals surface area contributed by atoms with Gasteiger partial charge >= 0.3 is 11.9 Å². The molecule has 1 aromatic heterocycles. The Bertz CT molecular complexity index is 822. The molecule has 1 amide bonds. The van der Waals surface area contributed by atoms with E-state index in [2.05, 4.69) is 26.1 Å². The normalized spacial score (nSPS) is 24.1. The van der Waals surface area contributed by atoms with Crippen molar-refractivity contribution >= 4 is 34.2 Å². The number of rotatable bonds is 5. The van der Waals surface area contributed by atoms with Gasteiger partial charge in [0.2, 0.25) is 5.91 Å². The minimum Gasteiger partial charge on any atom is -0.481 e. The van der Waals surface area contributed by atoms with Gasteiger partial charge in [-0.2, -0.15) is 0 Å². The van der Waals surface area contributed by atoms with Gasteiger partial charge in [0.15, 0.2) is 0 Å². The molecule has 0 aromatic carbocycles. The fourth-order valence-electron chi connectivity index (χ4n) is 4.78. The van der Waals surface area contributed by atoms with Crippen molar-refractivity contribution in [3.05, 3.63) is 16.0 Å². The summed E-state index contributed by atoms with van der Waals surface area (Å²) in [7, 11) is 0. The van der Waals surface area contributed by atoms with Crippen LogP contribution in [0, 0.1) is 23.2 Å². The lowest BCUT2D eigenvalue weighted by atomic mass is 9.72. The van der Waals surface area contributed by atoms with Gasteiger partial charge in [0.1, 0.15) is 5.00 Å². The number of carboxylic acids is 1. The van der Waals surface area contributed by atoms with Gasteiger partial charge in [-0.15, -0.1) is 11.3 Å². The van der Waals surface area contributed by atoms with Gasteiger partial charge in [0.25, 0.3) is 0 Å². The fourth-order valence-corrected chi connectivity index (χ4v) is 6.10. The third-order valence-corrected chi connectivity index (χ3v) is 7.80. The highest BCUT2D eigenvalue weighted by atomic mass is 32.1. The Balaban J connectivity index is 1.90. The van der Waals surface area contributed by atoms with E-state index in [4.69, 9.17) is 4.74 Å². The predicted octanol–water partition coefficient (Wildman–Crippen LogP) is 4.91. The van der Waals surface area contributed by atoms with Gasteiger partial charge in [0, 0.05) is 4.88 Å². The lowest BCUT2D eigenvalue weighted by molar-refractivity contribution is -0.147. The first-order valence-electron chi connectivity index (χ1n) is 11.0. The van der Waals surface area contributed by atoms with Crippen molar-refractivity contribution in [2.24, 2.45) is 23.2 Å². The SMILES string of the molecule is CCOC(=O)c1c(NC(=O)[C@@H]2CCCC[C@@H]2C(=O)O)sc2c1CC[C@@H](C(C)(C)C)C2. The van der Waals surface area contributed by atoms with Crippen molar-refractivity contribution < 1.29 is 24.2 Å². The van der Waals surface area contributed by atoms with Crippen molar-refractivity contribution in [3.63, 3.8) is 0 Å². The number of ether oxygens (including phenoxy) is 1. The Labute approximate surface area is 182 Å². The zero-order chi connectivity index (χ0) is 22.1. The Hall–Kier alpha value is -1.89. The molecular weight excluding hydrogens is 402 g/mol. The van der Waals surface area contributed by atoms with E-state index in [1.807, 2.05) is 0 Å². The van der Waals surface area contributed by atoms with Crippen LogP contribution in [0.4, 0.5) is 5.00 Å². The molecule has 7 heteroatoms. The van der Waals surface area contributed by atoms with Gasteiger partial charge in [-0.3, -0.25) is 9.59 Å². The largest absolute Gasteiger partial charge is 0.481 e. The molecule has 1 saturated carbocycles. The average Bonchev–Trinajstić information content (AvgIpc) is 3.04. The molecule has 3 atom stereocenters. The lowest BCUT2D eigenvalue weighted by Crippen LogP contribution is -2.36. The minimum absolute atomic E-state index is 0.173. The van der Waals surface area contributed by atoms with E-state index in [-0.39, 0.29) is 17.9 Å². The predicted molar refractivity (Wildman–Crippen MR) is 117 cm³/mol. The monoisotopic (exact) mass is 435 g/mol. The fraction of sp³-hybridized carbons (Fsp3) is 0.696. The van der Waals surface area contributed by atoms with Crippen molar-refractivity contribution in [2.75, 3.05) is 11.9 Å². The number of carbonyl (C=O) groups is 3. The summed E-state index contributed by atoms with van der Waals surface area (Å²) in [5.74, 6) is -2.33. The van der Waals surface area contributed by atoms with Gasteiger partial charge in [-0.25, -0.2) is 4.79 Å². The van der Waals surface area contributed by atoms with Crippen LogP contribution in [0.15, 0.2) is 0 Å². The van der Waals surface area contributed by atoms with E-state index in [9.17, 15) is 19.5 Å². The van der Waals surface area contributed by atoms with E-state index in [0.717, 1.165) is 42.5 Å². The second-order valence-corrected chi connectivity index (χ2v) is 10.7. The quantitative estimate of drug-likeness (QED) is 0.641. The zero-order valence-corrected chi connectivity index (χ0v) is 19.2. The maximum absolute atomic E-state index is 13.0. The van der Waals surface area contributed by atoms with Crippen LogP contribution in [0.2, 0.25) is 0 Å². The van der Waals surface area contributed by atoms with Crippen LogP contribution in [0.25, 0.3) is 0 Å². The van der Waals surface area contributed by atoms with E-state index in [0.29, 0.717) is 29.3 Å². The molecule has 2 aliphatic carbocycles. The Kier molecular flexibility index (Phi) is 6.90. The average molecular weight is 436 g/mol. The second-order valence-electron chi connectivity index (χ2n) is 9.56. The maximum Gasteiger partial charge on any atom is 0.341 e. The number of nitrogens with one attached hydrogen (secondary N) is 1. The summed E-state index contributed by atoms with van der Waals surface area (Å²) in [5, 5.41) is 13.0. The molecule has 166 valence electrons. The third-order valence-electron chi connectivity index (χ3n) is 6.63. The number of hydrogen-bond donors (Lipinski definition) is 2. The summed E-state index contributed by atoms with van der Waals surface area (Å²) in [6.45, 7) is 8.75. The molecule has 0 saturated heterocycles. The van der Waals surface area contributed by atoms with Crippen molar-refractivity contribution in [3.8, 4) is 0 Å². The summed E-state index contributed by atoms with van der Waals surface area (Å²) >= 11 is 1.46. The number of carbonyl (C=O) groups excluding carboxylic acids is 2. The third kappa shape index (κ3) is 4.71. The number of aliphatic carboxylic acids is 1. The van der Waals surface area contributed by atoms with Gasteiger partial charge in [0.05, 0.1) is 24.0 Å². The van der Waals surface area contributed by atoms with Crippen molar-refractivity contribution in [2.45, 2.75) is 72.6 Å². The van der Waals surface area contributed by atoms with Crippen LogP contribution in [0.5, 0.6) is 0 Å². The first-order valence-corrected chi connectivity index (χ1v) is 11.8. The molecule has 0 unspecified atom stereocenters. The molecule has 1 heterocycles. The molecule has 3 rings (SSSR count). The second kappa shape index (κ2) is 9.08. The summed E-state index contributed by atoms with van der Waals surface area (Å²) < 4.78 is 5.30. The summed E-state index contributed by atoms with van der Waals surface area (Å²) in [6, 6.07) is 0. The van der Waals surface area contributed by atoms with Crippen LogP contribution < -0.4 is 5.32 Å². The van der Waals surface area contributed by atoms with Crippen molar-refractivity contribution in [1.82, 2.24) is 0 Å². The number of thiophene rings is 1. The molecule has 1 aromatic rings. The van der Waals surface area contributed by atoms with Crippen LogP contribution in [-0.4, -0.2) is 29.6 Å². The highest BCUT2D eigenvalue weighted by molar-refractivity contribution is 7.17. The Morgan fingerprint density at radius 1 is 1.13 bits per heavy atom. The Morgan fingerprint density at radius 3 is 2.40 bits per heavy atom. The van der Waals surface area contributed by atoms with Crippen LogP contribution in [0.1, 0.15) is 80.6 Å². The standard InChI is InChI=1S/C23H33NO5S/c1-5-29-22(28)18-16-11-10-13(23(2,3)4)12-17(16)30-20(18)24-19(25)14-8-6-7-9-15(14)21(26)27/h13-15H,5-12H2,1-4H3,(H,24,25)(H,26,27)/t13-,14-,15+/m1/s1. The topological polar surface area (TPSA) is 92.7 Å². The number of anilines is 1. The number of amides is 1. The van der Waals surface area contributed by atoms with Crippen molar-refractivity contribution in [1.29, 1.82) is 0 Å². The molecular formula is C23H33NO5S. The molecule has 30 heavy (non-hydrogen) atoms. The van der Waals surface area contributed by atoms with Gasteiger partial charge in [-0.05, 0) is 55.9 Å². The highest BCUT2D eigenvalue weighted by Gasteiger charge is 2.38. The molecule has 0 radical (unpaired) electrons. The van der Waals surface area contributed by atoms with E-state index in [1.54, 1.807) is 6.92 Å². The first-order chi connectivity index (χ1) is 14.1. The maximum atomic E-state index is 13.0. The number of esters is 1. The first kappa shape index (κ1) is 22.8. The lowest BCUT2D eigenvalue weighted by Gasteiger charge is -2.33. The molecule has 2 aliphatic rings. The Morgan fingerprint density at radius 2 is 1.80 bits per heavy atom. The molecule has 0 aliphatic heterocycles.